The van der Waals surface area contributed by atoms with Crippen LogP contribution in [0.2, 0.25) is 0 Å². The molecule has 1 unspecified atom stereocenters. The number of likely N-dealkylation sites (tertiary alicyclic amines) is 1. The zero-order valence-electron chi connectivity index (χ0n) is 21.4. The first-order valence-electron chi connectivity index (χ1n) is 13.4. The van der Waals surface area contributed by atoms with Crippen LogP contribution in [0.1, 0.15) is 61.2 Å². The van der Waals surface area contributed by atoms with Crippen molar-refractivity contribution in [3.05, 3.63) is 46.6 Å². The molecule has 3 fully saturated rings. The molecule has 1 aromatic carbocycles. The van der Waals surface area contributed by atoms with Gasteiger partial charge in [-0.3, -0.25) is 9.59 Å². The summed E-state index contributed by atoms with van der Waals surface area (Å²) in [6.07, 6.45) is 5.31. The summed E-state index contributed by atoms with van der Waals surface area (Å²) in [5.41, 5.74) is 9.28. The zero-order valence-corrected chi connectivity index (χ0v) is 22.3. The van der Waals surface area contributed by atoms with Crippen LogP contribution in [-0.2, 0) is 16.0 Å². The molecule has 3 saturated heterocycles. The molecule has 0 radical (unpaired) electrons. The van der Waals surface area contributed by atoms with E-state index in [0.29, 0.717) is 36.3 Å². The highest BCUT2D eigenvalue weighted by molar-refractivity contribution is 7.18. The molecule has 37 heavy (non-hydrogen) atoms. The number of piperidine rings is 2. The van der Waals surface area contributed by atoms with Gasteiger partial charge in [-0.25, -0.2) is 9.97 Å². The van der Waals surface area contributed by atoms with E-state index in [1.165, 1.54) is 35.4 Å². The largest absolute Gasteiger partial charge is 0.383 e. The van der Waals surface area contributed by atoms with Crippen LogP contribution in [0.3, 0.4) is 0 Å². The predicted octanol–water partition coefficient (Wildman–Crippen LogP) is 4.19. The van der Waals surface area contributed by atoms with E-state index in [4.69, 9.17) is 10.7 Å². The molecule has 6 rings (SSSR count). The molecule has 3 N–H and O–H groups in total. The van der Waals surface area contributed by atoms with Crippen LogP contribution in [0.5, 0.6) is 0 Å². The number of aromatic nitrogens is 2. The van der Waals surface area contributed by atoms with E-state index < -0.39 is 11.8 Å². The smallest absolute Gasteiger partial charge is 0.313 e. The number of nitrogens with zero attached hydrogens (tertiary/aromatic N) is 4. The first-order chi connectivity index (χ1) is 17.9. The molecule has 2 aromatic heterocycles. The normalized spacial score (nSPS) is 27.1. The van der Waals surface area contributed by atoms with Gasteiger partial charge in [-0.15, -0.1) is 11.3 Å². The molecule has 2 bridgehead atoms. The fourth-order valence-electron chi connectivity index (χ4n) is 6.30. The number of nitrogen functional groups attached to an aromatic ring is 1. The fraction of sp³-hybridized carbons (Fsp3) is 0.500. The van der Waals surface area contributed by atoms with E-state index in [1.807, 2.05) is 18.3 Å². The molecule has 3 aliphatic heterocycles. The maximum Gasteiger partial charge on any atom is 0.313 e. The number of hydrogen-bond donors (Lipinski definition) is 2. The SMILES string of the molecule is CCc1cc(NC(=O)C(=O)N2C[C@@H](C)CC[C@@H]2c2ccc3sc([C@H]4CN5CC[C@@H]4C5)nc3c2)cnc1N. The summed E-state index contributed by atoms with van der Waals surface area (Å²) in [6.45, 7) is 8.21. The van der Waals surface area contributed by atoms with E-state index >= 15 is 0 Å². The van der Waals surface area contributed by atoms with Gasteiger partial charge in [0.05, 0.1) is 33.2 Å². The van der Waals surface area contributed by atoms with Gasteiger partial charge in [-0.1, -0.05) is 19.9 Å². The molecular formula is C28H34N6O2S. The molecule has 3 aliphatic rings. The lowest BCUT2D eigenvalue weighted by molar-refractivity contribution is -0.146. The lowest BCUT2D eigenvalue weighted by Crippen LogP contribution is -2.46. The quantitative estimate of drug-likeness (QED) is 0.502. The number of benzene rings is 1. The fourth-order valence-corrected chi connectivity index (χ4v) is 7.44. The van der Waals surface area contributed by atoms with Gasteiger partial charge in [-0.2, -0.15) is 0 Å². The molecule has 9 heteroatoms. The second-order valence-electron chi connectivity index (χ2n) is 10.9. The van der Waals surface area contributed by atoms with Crippen LogP contribution < -0.4 is 11.1 Å². The average molecular weight is 519 g/mol. The number of carbonyl (C=O) groups excluding carboxylic acids is 2. The number of hydrogen-bond acceptors (Lipinski definition) is 7. The summed E-state index contributed by atoms with van der Waals surface area (Å²) in [5, 5.41) is 3.99. The van der Waals surface area contributed by atoms with E-state index in [9.17, 15) is 9.59 Å². The second-order valence-corrected chi connectivity index (χ2v) is 12.0. The highest BCUT2D eigenvalue weighted by Crippen LogP contribution is 2.43. The van der Waals surface area contributed by atoms with Crippen LogP contribution >= 0.6 is 11.3 Å². The van der Waals surface area contributed by atoms with Crippen molar-refractivity contribution < 1.29 is 9.59 Å². The third kappa shape index (κ3) is 4.59. The van der Waals surface area contributed by atoms with Gasteiger partial charge in [0.1, 0.15) is 5.82 Å². The number of nitrogens with two attached hydrogens (primary N) is 1. The minimum absolute atomic E-state index is 0.145. The maximum absolute atomic E-state index is 13.4. The van der Waals surface area contributed by atoms with Gasteiger partial charge >= 0.3 is 11.8 Å². The zero-order chi connectivity index (χ0) is 25.7. The van der Waals surface area contributed by atoms with Crippen molar-refractivity contribution in [2.24, 2.45) is 11.8 Å². The van der Waals surface area contributed by atoms with E-state index in [1.54, 1.807) is 11.0 Å². The summed E-state index contributed by atoms with van der Waals surface area (Å²) in [6, 6.07) is 8.04. The van der Waals surface area contributed by atoms with Crippen LogP contribution in [0.4, 0.5) is 11.5 Å². The van der Waals surface area contributed by atoms with E-state index in [2.05, 4.69) is 40.3 Å². The molecular weight excluding hydrogens is 484 g/mol. The van der Waals surface area contributed by atoms with Crippen molar-refractivity contribution in [3.63, 3.8) is 0 Å². The van der Waals surface area contributed by atoms with Crippen molar-refractivity contribution in [2.45, 2.75) is 51.5 Å². The van der Waals surface area contributed by atoms with Gasteiger partial charge in [0.25, 0.3) is 0 Å². The predicted molar refractivity (Wildman–Crippen MR) is 146 cm³/mol. The summed E-state index contributed by atoms with van der Waals surface area (Å²) >= 11 is 1.81. The highest BCUT2D eigenvalue weighted by atomic mass is 32.1. The molecule has 0 spiro atoms. The topological polar surface area (TPSA) is 104 Å². The van der Waals surface area contributed by atoms with Crippen LogP contribution in [0.25, 0.3) is 10.2 Å². The molecule has 8 nitrogen and oxygen atoms in total. The molecule has 0 saturated carbocycles. The Bertz CT molecular complexity index is 1360. The molecule has 2 amide bonds. The third-order valence-corrected chi connectivity index (χ3v) is 9.54. The Morgan fingerprint density at radius 1 is 1.16 bits per heavy atom. The Balaban J connectivity index is 1.23. The minimum Gasteiger partial charge on any atom is -0.383 e. The van der Waals surface area contributed by atoms with E-state index in [0.717, 1.165) is 41.9 Å². The number of nitrogens with one attached hydrogen (secondary N) is 1. The van der Waals surface area contributed by atoms with Gasteiger partial charge in [0, 0.05) is 25.6 Å². The number of pyridine rings is 1. The number of rotatable bonds is 4. The lowest BCUT2D eigenvalue weighted by atomic mass is 9.89. The Kier molecular flexibility index (Phi) is 6.36. The number of anilines is 2. The summed E-state index contributed by atoms with van der Waals surface area (Å²) in [4.78, 5) is 40.0. The Labute approximate surface area is 221 Å². The first-order valence-corrected chi connectivity index (χ1v) is 14.2. The monoisotopic (exact) mass is 518 g/mol. The van der Waals surface area contributed by atoms with Crippen LogP contribution in [0, 0.1) is 11.8 Å². The highest BCUT2D eigenvalue weighted by Gasteiger charge is 2.40. The number of thiazole rings is 1. The summed E-state index contributed by atoms with van der Waals surface area (Å²) < 4.78 is 1.19. The molecule has 194 valence electrons. The summed E-state index contributed by atoms with van der Waals surface area (Å²) in [7, 11) is 0. The standard InChI is InChI=1S/C28H34N6O2S/c1-3-17-10-20(12-30-25(17)29)31-26(35)28(36)34-13-16(2)4-6-23(34)18-5-7-24-22(11-18)32-27(37-24)21-15-33-9-8-19(21)14-33/h5,7,10-12,16,19,21,23H,3-4,6,8-9,13-15H2,1-2H3,(H2,29,30)(H,31,35)/t16-,19+,21-,23+/m0/s1. The van der Waals surface area contributed by atoms with Gasteiger partial charge in [0.15, 0.2) is 0 Å². The van der Waals surface area contributed by atoms with E-state index in [-0.39, 0.29) is 6.04 Å². The molecule has 5 atom stereocenters. The Morgan fingerprint density at radius 3 is 2.78 bits per heavy atom. The number of aryl methyl sites for hydroxylation is 1. The van der Waals surface area contributed by atoms with Gasteiger partial charge < -0.3 is 20.9 Å². The van der Waals surface area contributed by atoms with Crippen molar-refractivity contribution in [2.75, 3.05) is 37.2 Å². The number of fused-ring (bicyclic) bond motifs is 3. The third-order valence-electron chi connectivity index (χ3n) is 8.38. The van der Waals surface area contributed by atoms with Crippen molar-refractivity contribution in [1.82, 2.24) is 19.8 Å². The number of carbonyl (C=O) groups is 2. The number of amides is 2. The minimum atomic E-state index is -0.643. The Morgan fingerprint density at radius 2 is 2.03 bits per heavy atom. The van der Waals surface area contributed by atoms with Crippen molar-refractivity contribution in [3.8, 4) is 0 Å². The molecule has 3 aromatic rings. The van der Waals surface area contributed by atoms with Crippen LogP contribution in [0.15, 0.2) is 30.5 Å². The van der Waals surface area contributed by atoms with Crippen molar-refractivity contribution in [1.29, 1.82) is 0 Å². The first kappa shape index (κ1) is 24.3. The average Bonchev–Trinajstić information content (AvgIpc) is 3.64. The van der Waals surface area contributed by atoms with Crippen molar-refractivity contribution >= 4 is 44.9 Å². The maximum atomic E-state index is 13.4. The molecule has 5 heterocycles. The van der Waals surface area contributed by atoms with Crippen LogP contribution in [-0.4, -0.2) is 57.8 Å². The van der Waals surface area contributed by atoms with Gasteiger partial charge in [0.2, 0.25) is 0 Å². The van der Waals surface area contributed by atoms with Gasteiger partial charge in [-0.05, 0) is 73.4 Å². The second kappa shape index (κ2) is 9.68. The molecule has 0 aliphatic carbocycles. The summed E-state index contributed by atoms with van der Waals surface area (Å²) in [5.74, 6) is 0.896. The Hall–Kier alpha value is -3.04. The lowest BCUT2D eigenvalue weighted by Gasteiger charge is -2.38.